The van der Waals surface area contributed by atoms with E-state index in [-0.39, 0.29) is 6.10 Å². The lowest BCUT2D eigenvalue weighted by Gasteiger charge is -2.38. The van der Waals surface area contributed by atoms with E-state index in [1.165, 1.54) is 0 Å². The Balaban J connectivity index is 1.48. The van der Waals surface area contributed by atoms with Crippen LogP contribution in [0.15, 0.2) is 65.8 Å². The van der Waals surface area contributed by atoms with Crippen molar-refractivity contribution >= 4 is 0 Å². The fourth-order valence-corrected chi connectivity index (χ4v) is 3.46. The highest BCUT2D eigenvalue weighted by Gasteiger charge is 2.51. The Morgan fingerprint density at radius 2 is 1.52 bits per heavy atom. The molecule has 2 heterocycles. The van der Waals surface area contributed by atoms with Gasteiger partial charge in [0.25, 0.3) is 0 Å². The van der Waals surface area contributed by atoms with Gasteiger partial charge in [0.2, 0.25) is 0 Å². The van der Waals surface area contributed by atoms with Crippen LogP contribution >= 0.6 is 0 Å². The van der Waals surface area contributed by atoms with Gasteiger partial charge in [0.15, 0.2) is 6.29 Å². The molecular formula is C20H21N3O4. The van der Waals surface area contributed by atoms with Crippen LogP contribution in [0.1, 0.15) is 11.1 Å². The molecule has 2 fully saturated rings. The van der Waals surface area contributed by atoms with E-state index in [0.29, 0.717) is 19.8 Å². The van der Waals surface area contributed by atoms with Crippen molar-refractivity contribution in [3.05, 3.63) is 82.2 Å². The van der Waals surface area contributed by atoms with E-state index in [1.807, 2.05) is 60.7 Å². The number of fused-ring (bicyclic) bond motifs is 2. The summed E-state index contributed by atoms with van der Waals surface area (Å²) < 4.78 is 23.8. The maximum absolute atomic E-state index is 9.08. The predicted octanol–water partition coefficient (Wildman–Crippen LogP) is 3.59. The highest BCUT2D eigenvalue weighted by atomic mass is 16.8. The van der Waals surface area contributed by atoms with E-state index < -0.39 is 24.5 Å². The molecule has 0 radical (unpaired) electrons. The van der Waals surface area contributed by atoms with Gasteiger partial charge in [-0.1, -0.05) is 65.8 Å². The first-order chi connectivity index (χ1) is 13.3. The minimum atomic E-state index is -0.550. The quantitative estimate of drug-likeness (QED) is 0.425. The first kappa shape index (κ1) is 18.0. The zero-order valence-electron chi connectivity index (χ0n) is 14.8. The molecule has 0 aromatic heterocycles. The van der Waals surface area contributed by atoms with Gasteiger partial charge in [-0.05, 0) is 16.7 Å². The Morgan fingerprint density at radius 1 is 0.926 bits per heavy atom. The van der Waals surface area contributed by atoms with Crippen LogP contribution in [0.5, 0.6) is 0 Å². The lowest BCUT2D eigenvalue weighted by Crippen LogP contribution is -2.54. The van der Waals surface area contributed by atoms with Crippen molar-refractivity contribution in [2.75, 3.05) is 6.61 Å². The second-order valence-corrected chi connectivity index (χ2v) is 6.59. The van der Waals surface area contributed by atoms with Gasteiger partial charge in [-0.15, -0.1) is 0 Å². The van der Waals surface area contributed by atoms with Crippen molar-refractivity contribution in [1.29, 1.82) is 0 Å². The van der Waals surface area contributed by atoms with E-state index in [9.17, 15) is 0 Å². The summed E-state index contributed by atoms with van der Waals surface area (Å²) in [4.78, 5) is 3.02. The minimum Gasteiger partial charge on any atom is -0.370 e. The van der Waals surface area contributed by atoms with Crippen molar-refractivity contribution in [3.63, 3.8) is 0 Å². The van der Waals surface area contributed by atoms with Crippen LogP contribution in [0.4, 0.5) is 0 Å². The van der Waals surface area contributed by atoms with Crippen LogP contribution in [0.2, 0.25) is 0 Å². The molecule has 0 N–H and O–H groups in total. The van der Waals surface area contributed by atoms with Gasteiger partial charge in [0.05, 0.1) is 32.0 Å². The van der Waals surface area contributed by atoms with Gasteiger partial charge in [-0.3, -0.25) is 0 Å². The molecule has 2 aliphatic heterocycles. The number of azide groups is 1. The molecule has 27 heavy (non-hydrogen) atoms. The minimum absolute atomic E-state index is 0.272. The molecular weight excluding hydrogens is 346 g/mol. The second kappa shape index (κ2) is 8.52. The standard InChI is InChI=1S/C20H21N3O4/c21-23-22-17-18(24-11-14-7-3-1-4-8-14)16-13-26-20(27-16)19(17)25-12-15-9-5-2-6-10-15/h1-10,16-20H,11-13H2/t16-,17-,18-,19-,20-/m1/s1. The second-order valence-electron chi connectivity index (χ2n) is 6.59. The average Bonchev–Trinajstić information content (AvgIpc) is 3.14. The third-order valence-electron chi connectivity index (χ3n) is 4.80. The molecule has 0 aliphatic carbocycles. The van der Waals surface area contributed by atoms with E-state index in [4.69, 9.17) is 24.5 Å². The Labute approximate surface area is 157 Å². The highest BCUT2D eigenvalue weighted by Crippen LogP contribution is 2.34. The Kier molecular flexibility index (Phi) is 5.67. The Morgan fingerprint density at radius 3 is 2.11 bits per heavy atom. The van der Waals surface area contributed by atoms with Crippen LogP contribution in [0.25, 0.3) is 10.4 Å². The summed E-state index contributed by atoms with van der Waals surface area (Å²) in [6.45, 7) is 1.17. The van der Waals surface area contributed by atoms with Gasteiger partial charge in [-0.2, -0.15) is 0 Å². The molecule has 7 nitrogen and oxygen atoms in total. The van der Waals surface area contributed by atoms with Gasteiger partial charge < -0.3 is 18.9 Å². The number of nitrogens with zero attached hydrogens (tertiary/aromatic N) is 3. The van der Waals surface area contributed by atoms with Crippen LogP contribution < -0.4 is 0 Å². The summed E-state index contributed by atoms with van der Waals surface area (Å²) in [6.07, 6.45) is -1.78. The van der Waals surface area contributed by atoms with E-state index in [1.54, 1.807) is 0 Å². The zero-order chi connectivity index (χ0) is 18.5. The molecule has 2 aromatic carbocycles. The molecule has 140 valence electrons. The van der Waals surface area contributed by atoms with Gasteiger partial charge in [0.1, 0.15) is 12.2 Å². The van der Waals surface area contributed by atoms with E-state index >= 15 is 0 Å². The number of ether oxygens (including phenoxy) is 4. The van der Waals surface area contributed by atoms with Crippen molar-refractivity contribution < 1.29 is 18.9 Å². The molecule has 0 unspecified atom stereocenters. The number of benzene rings is 2. The fourth-order valence-electron chi connectivity index (χ4n) is 3.46. The lowest BCUT2D eigenvalue weighted by molar-refractivity contribution is -0.219. The Bertz CT molecular complexity index is 725. The third-order valence-corrected chi connectivity index (χ3v) is 4.80. The number of hydrogen-bond donors (Lipinski definition) is 0. The van der Waals surface area contributed by atoms with Crippen molar-refractivity contribution in [1.82, 2.24) is 0 Å². The van der Waals surface area contributed by atoms with Crippen molar-refractivity contribution in [2.24, 2.45) is 5.11 Å². The number of rotatable bonds is 7. The van der Waals surface area contributed by atoms with Crippen LogP contribution in [0, 0.1) is 0 Å². The molecule has 2 aromatic rings. The third kappa shape index (κ3) is 4.13. The molecule has 0 spiro atoms. The fraction of sp³-hybridized carbons (Fsp3) is 0.400. The summed E-state index contributed by atoms with van der Waals surface area (Å²) in [7, 11) is 0. The average molecular weight is 367 g/mol. The molecule has 0 saturated carbocycles. The van der Waals surface area contributed by atoms with Crippen LogP contribution in [-0.2, 0) is 32.2 Å². The van der Waals surface area contributed by atoms with E-state index in [2.05, 4.69) is 10.0 Å². The van der Waals surface area contributed by atoms with Crippen LogP contribution in [-0.4, -0.2) is 37.3 Å². The summed E-state index contributed by atoms with van der Waals surface area (Å²) >= 11 is 0. The lowest BCUT2D eigenvalue weighted by atomic mass is 9.98. The first-order valence-corrected chi connectivity index (χ1v) is 8.97. The summed E-state index contributed by atoms with van der Waals surface area (Å²) in [5.74, 6) is 0. The monoisotopic (exact) mass is 367 g/mol. The smallest absolute Gasteiger partial charge is 0.184 e. The Hall–Kier alpha value is -2.41. The summed E-state index contributed by atoms with van der Waals surface area (Å²) in [5.41, 5.74) is 11.2. The van der Waals surface area contributed by atoms with Gasteiger partial charge in [0, 0.05) is 4.91 Å². The molecule has 2 aliphatic rings. The van der Waals surface area contributed by atoms with Gasteiger partial charge >= 0.3 is 0 Å². The zero-order valence-corrected chi connectivity index (χ0v) is 14.8. The van der Waals surface area contributed by atoms with Crippen molar-refractivity contribution in [3.8, 4) is 0 Å². The van der Waals surface area contributed by atoms with Gasteiger partial charge in [-0.25, -0.2) is 0 Å². The molecule has 4 rings (SSSR count). The highest BCUT2D eigenvalue weighted by molar-refractivity contribution is 5.15. The topological polar surface area (TPSA) is 85.7 Å². The number of hydrogen-bond acceptors (Lipinski definition) is 5. The molecule has 0 amide bonds. The van der Waals surface area contributed by atoms with Crippen molar-refractivity contribution in [2.45, 2.75) is 43.9 Å². The normalized spacial score (nSPS) is 29.3. The van der Waals surface area contributed by atoms with Crippen LogP contribution in [0.3, 0.4) is 0 Å². The first-order valence-electron chi connectivity index (χ1n) is 8.97. The SMILES string of the molecule is [N-]=[N+]=N[C@H]1[C@@H](OCc2ccccc2)[C@@H]2OC[C@@H](O2)[C@H]1OCc1ccccc1. The molecule has 7 heteroatoms. The van der Waals surface area contributed by atoms with E-state index in [0.717, 1.165) is 11.1 Å². The largest absolute Gasteiger partial charge is 0.370 e. The maximum atomic E-state index is 9.08. The molecule has 5 atom stereocenters. The molecule has 2 saturated heterocycles. The summed E-state index contributed by atoms with van der Waals surface area (Å²) in [5, 5.41) is 3.98. The maximum Gasteiger partial charge on any atom is 0.184 e. The molecule has 2 bridgehead atoms. The summed E-state index contributed by atoms with van der Waals surface area (Å²) in [6, 6.07) is 19.2. The predicted molar refractivity (Wildman–Crippen MR) is 97.6 cm³/mol.